The fourth-order valence-electron chi connectivity index (χ4n) is 1.51. The molecule has 1 saturated heterocycles. The topological polar surface area (TPSA) is 53.3 Å². The van der Waals surface area contributed by atoms with Gasteiger partial charge in [-0.25, -0.2) is 13.6 Å². The minimum atomic E-state index is -1.30. The van der Waals surface area contributed by atoms with E-state index in [-0.39, 0.29) is 5.92 Å². The lowest BCUT2D eigenvalue weighted by atomic mass is 9.99. The first-order chi connectivity index (χ1) is 7.71. The number of carbonyl (C=O) groups excluding carboxylic acids is 1. The Morgan fingerprint density at radius 3 is 2.44 bits per heavy atom. The molecule has 1 rings (SSSR count). The van der Waals surface area contributed by atoms with Gasteiger partial charge in [-0.05, 0) is 12.8 Å². The first kappa shape index (κ1) is 12.7. The van der Waals surface area contributed by atoms with Crippen LogP contribution >= 0.6 is 0 Å². The molecule has 0 radical (unpaired) electrons. The highest BCUT2D eigenvalue weighted by Crippen LogP contribution is 2.17. The maximum Gasteiger partial charge on any atom is 0.410 e. The Bertz CT molecular complexity index is 268. The van der Waals surface area contributed by atoms with Crippen molar-refractivity contribution < 1.29 is 18.3 Å². The molecule has 0 aromatic heterocycles. The number of hydrogen-bond donors (Lipinski definition) is 0. The number of rotatable bonds is 3. The minimum absolute atomic E-state index is 0.0396. The molecule has 0 atom stereocenters. The predicted octanol–water partition coefficient (Wildman–Crippen LogP) is 1.67. The van der Waals surface area contributed by atoms with Crippen LogP contribution < -0.4 is 0 Å². The Labute approximate surface area is 92.8 Å². The quantitative estimate of drug-likeness (QED) is 0.743. The van der Waals surface area contributed by atoms with Crippen LogP contribution in [0.2, 0.25) is 0 Å². The molecule has 6 heteroatoms. The smallest absolute Gasteiger partial charge is 0.410 e. The summed E-state index contributed by atoms with van der Waals surface area (Å²) >= 11 is 0. The van der Waals surface area contributed by atoms with Gasteiger partial charge in [-0.2, -0.15) is 5.26 Å². The monoisotopic (exact) mass is 232 g/mol. The van der Waals surface area contributed by atoms with Gasteiger partial charge in [-0.3, -0.25) is 0 Å². The first-order valence-corrected chi connectivity index (χ1v) is 5.18. The van der Waals surface area contributed by atoms with Gasteiger partial charge in [0.1, 0.15) is 13.3 Å². The number of hydrogen-bond acceptors (Lipinski definition) is 3. The zero-order valence-corrected chi connectivity index (χ0v) is 8.86. The van der Waals surface area contributed by atoms with E-state index in [4.69, 9.17) is 5.26 Å². The lowest BCUT2D eigenvalue weighted by Gasteiger charge is -2.29. The molecular formula is C10H14F2N2O2. The molecule has 0 bridgehead atoms. The van der Waals surface area contributed by atoms with E-state index in [1.807, 2.05) is 0 Å². The van der Waals surface area contributed by atoms with Crippen LogP contribution in [0.3, 0.4) is 0 Å². The van der Waals surface area contributed by atoms with Crippen LogP contribution in [-0.4, -0.2) is 43.5 Å². The minimum Gasteiger partial charge on any atom is -0.441 e. The third-order valence-corrected chi connectivity index (χ3v) is 2.55. The Balaban J connectivity index is 2.36. The second kappa shape index (κ2) is 6.26. The molecule has 1 heterocycles. The van der Waals surface area contributed by atoms with Gasteiger partial charge in [0.25, 0.3) is 0 Å². The van der Waals surface area contributed by atoms with Crippen molar-refractivity contribution in [3.05, 3.63) is 0 Å². The lowest BCUT2D eigenvalue weighted by molar-refractivity contribution is 0.0335. The Morgan fingerprint density at radius 1 is 1.44 bits per heavy atom. The Morgan fingerprint density at radius 2 is 2.00 bits per heavy atom. The summed E-state index contributed by atoms with van der Waals surface area (Å²) in [6, 6.07) is 2.13. The highest BCUT2D eigenvalue weighted by molar-refractivity contribution is 5.68. The van der Waals surface area contributed by atoms with Crippen molar-refractivity contribution in [2.75, 3.05) is 26.4 Å². The summed E-state index contributed by atoms with van der Waals surface area (Å²) in [5.41, 5.74) is 0. The molecule has 0 unspecified atom stereocenters. The molecule has 4 nitrogen and oxygen atoms in total. The van der Waals surface area contributed by atoms with E-state index < -0.39 is 25.5 Å². The molecular weight excluding hydrogens is 218 g/mol. The van der Waals surface area contributed by atoms with Crippen LogP contribution in [0.4, 0.5) is 13.6 Å². The van der Waals surface area contributed by atoms with Crippen molar-refractivity contribution in [3.8, 4) is 6.07 Å². The summed E-state index contributed by atoms with van der Waals surface area (Å²) in [4.78, 5) is 12.8. The van der Waals surface area contributed by atoms with Crippen molar-refractivity contribution in [2.24, 2.45) is 5.92 Å². The number of halogens is 2. The molecule has 1 aliphatic heterocycles. The number of amides is 1. The Hall–Kier alpha value is -1.38. The van der Waals surface area contributed by atoms with E-state index in [9.17, 15) is 13.6 Å². The molecule has 0 spiro atoms. The van der Waals surface area contributed by atoms with Crippen molar-refractivity contribution >= 4 is 6.09 Å². The number of piperidine rings is 1. The van der Waals surface area contributed by atoms with Crippen LogP contribution in [0.5, 0.6) is 0 Å². The summed E-state index contributed by atoms with van der Waals surface area (Å²) in [5.74, 6) is -0.0396. The summed E-state index contributed by atoms with van der Waals surface area (Å²) in [6.45, 7) is -1.22. The van der Waals surface area contributed by atoms with E-state index in [1.54, 1.807) is 0 Å². The zero-order chi connectivity index (χ0) is 12.0. The normalized spacial score (nSPS) is 17.2. The second-order valence-electron chi connectivity index (χ2n) is 3.70. The van der Waals surface area contributed by atoms with Crippen LogP contribution in [0, 0.1) is 17.2 Å². The highest BCUT2D eigenvalue weighted by atomic mass is 19.1. The number of alkyl halides is 2. The van der Waals surface area contributed by atoms with E-state index in [1.165, 1.54) is 4.90 Å². The largest absolute Gasteiger partial charge is 0.441 e. The SMILES string of the molecule is N#CC1CCN(C(=O)OC(CF)CF)CC1. The standard InChI is InChI=1S/C10H14F2N2O2/c11-5-9(6-12)16-10(15)14-3-1-8(7-13)2-4-14/h8-9H,1-6H2. The molecule has 90 valence electrons. The lowest BCUT2D eigenvalue weighted by Crippen LogP contribution is -2.40. The number of nitriles is 1. The van der Waals surface area contributed by atoms with Gasteiger partial charge in [0.05, 0.1) is 6.07 Å². The molecule has 0 N–H and O–H groups in total. The molecule has 1 aliphatic rings. The zero-order valence-electron chi connectivity index (χ0n) is 8.86. The van der Waals surface area contributed by atoms with Gasteiger partial charge in [-0.1, -0.05) is 0 Å². The summed E-state index contributed by atoms with van der Waals surface area (Å²) in [7, 11) is 0. The average molecular weight is 232 g/mol. The maximum absolute atomic E-state index is 12.1. The molecule has 1 fully saturated rings. The fourth-order valence-corrected chi connectivity index (χ4v) is 1.51. The van der Waals surface area contributed by atoms with E-state index in [0.29, 0.717) is 25.9 Å². The van der Waals surface area contributed by atoms with Crippen molar-refractivity contribution in [3.63, 3.8) is 0 Å². The fraction of sp³-hybridized carbons (Fsp3) is 0.800. The average Bonchev–Trinajstić information content (AvgIpc) is 2.35. The van der Waals surface area contributed by atoms with Gasteiger partial charge in [0.15, 0.2) is 6.10 Å². The van der Waals surface area contributed by atoms with Gasteiger partial charge in [0, 0.05) is 19.0 Å². The molecule has 0 aliphatic carbocycles. The van der Waals surface area contributed by atoms with Crippen LogP contribution in [0.1, 0.15) is 12.8 Å². The number of likely N-dealkylation sites (tertiary alicyclic amines) is 1. The molecule has 0 saturated carbocycles. The number of carbonyl (C=O) groups is 1. The summed E-state index contributed by atoms with van der Waals surface area (Å²) in [5, 5.41) is 8.65. The molecule has 16 heavy (non-hydrogen) atoms. The van der Waals surface area contributed by atoms with Crippen molar-refractivity contribution in [1.82, 2.24) is 4.90 Å². The maximum atomic E-state index is 12.1. The van der Waals surface area contributed by atoms with Crippen LogP contribution in [-0.2, 0) is 4.74 Å². The van der Waals surface area contributed by atoms with E-state index in [2.05, 4.69) is 10.8 Å². The van der Waals surface area contributed by atoms with Gasteiger partial charge in [0.2, 0.25) is 0 Å². The third-order valence-electron chi connectivity index (χ3n) is 2.55. The number of ether oxygens (including phenoxy) is 1. The molecule has 0 aromatic rings. The third kappa shape index (κ3) is 3.33. The first-order valence-electron chi connectivity index (χ1n) is 5.18. The van der Waals surface area contributed by atoms with E-state index >= 15 is 0 Å². The molecule has 1 amide bonds. The Kier molecular flexibility index (Phi) is 4.96. The summed E-state index contributed by atoms with van der Waals surface area (Å²) < 4.78 is 28.9. The van der Waals surface area contributed by atoms with Crippen LogP contribution in [0.25, 0.3) is 0 Å². The van der Waals surface area contributed by atoms with E-state index in [0.717, 1.165) is 0 Å². The predicted molar refractivity (Wildman–Crippen MR) is 52.1 cm³/mol. The van der Waals surface area contributed by atoms with Crippen molar-refractivity contribution in [1.29, 1.82) is 5.26 Å². The highest BCUT2D eigenvalue weighted by Gasteiger charge is 2.25. The molecule has 0 aromatic carbocycles. The van der Waals surface area contributed by atoms with Gasteiger partial charge < -0.3 is 9.64 Å². The summed E-state index contributed by atoms with van der Waals surface area (Å²) in [6.07, 6.45) is -0.832. The van der Waals surface area contributed by atoms with Gasteiger partial charge in [-0.15, -0.1) is 0 Å². The number of nitrogens with zero attached hydrogens (tertiary/aromatic N) is 2. The van der Waals surface area contributed by atoms with Crippen LogP contribution in [0.15, 0.2) is 0 Å². The van der Waals surface area contributed by atoms with Crippen molar-refractivity contribution in [2.45, 2.75) is 18.9 Å². The van der Waals surface area contributed by atoms with Gasteiger partial charge >= 0.3 is 6.09 Å². The second-order valence-corrected chi connectivity index (χ2v) is 3.70.